The molecule has 1 saturated heterocycles. The average molecular weight is 422 g/mol. The third-order valence-corrected chi connectivity index (χ3v) is 5.93. The average Bonchev–Trinajstić information content (AvgIpc) is 3.51. The van der Waals surface area contributed by atoms with Gasteiger partial charge in [-0.1, -0.05) is 19.1 Å². The molecule has 7 heteroatoms. The first-order chi connectivity index (χ1) is 15.2. The van der Waals surface area contributed by atoms with Crippen molar-refractivity contribution in [3.63, 3.8) is 0 Å². The molecule has 2 aromatic heterocycles. The van der Waals surface area contributed by atoms with E-state index in [0.29, 0.717) is 18.5 Å². The molecular formula is C24H31N5O2. The minimum absolute atomic E-state index is 0.384. The van der Waals surface area contributed by atoms with Crippen LogP contribution in [0.4, 0.5) is 0 Å². The summed E-state index contributed by atoms with van der Waals surface area (Å²) in [5.41, 5.74) is 1.16. The molecule has 2 unspecified atom stereocenters. The lowest BCUT2D eigenvalue weighted by Gasteiger charge is -2.39. The Morgan fingerprint density at radius 1 is 1.29 bits per heavy atom. The van der Waals surface area contributed by atoms with Gasteiger partial charge in [0.05, 0.1) is 32.3 Å². The van der Waals surface area contributed by atoms with Crippen molar-refractivity contribution in [2.75, 3.05) is 26.7 Å². The summed E-state index contributed by atoms with van der Waals surface area (Å²) in [7, 11) is 1.68. The highest BCUT2D eigenvalue weighted by atomic mass is 16.5. The third kappa shape index (κ3) is 5.48. The van der Waals surface area contributed by atoms with E-state index >= 15 is 0 Å². The number of likely N-dealkylation sites (tertiary alicyclic amines) is 1. The van der Waals surface area contributed by atoms with Crippen molar-refractivity contribution in [2.24, 2.45) is 10.9 Å². The smallest absolute Gasteiger partial charge is 0.194 e. The zero-order chi connectivity index (χ0) is 21.5. The number of aliphatic imine (C=N–C) groups is 1. The van der Waals surface area contributed by atoms with Crippen LogP contribution in [0.5, 0.6) is 5.75 Å². The first-order valence-corrected chi connectivity index (χ1v) is 10.9. The number of hydrogen-bond acceptors (Lipinski definition) is 4. The Balaban J connectivity index is 1.47. The molecule has 2 atom stereocenters. The number of hydrogen-bond donors (Lipinski definition) is 1. The van der Waals surface area contributed by atoms with Gasteiger partial charge >= 0.3 is 0 Å². The Bertz CT molecular complexity index is 935. The summed E-state index contributed by atoms with van der Waals surface area (Å²) in [6.45, 7) is 5.61. The van der Waals surface area contributed by atoms with E-state index in [9.17, 15) is 0 Å². The highest BCUT2D eigenvalue weighted by Gasteiger charge is 2.29. The molecule has 0 bridgehead atoms. The van der Waals surface area contributed by atoms with Crippen LogP contribution in [0.3, 0.4) is 0 Å². The van der Waals surface area contributed by atoms with Gasteiger partial charge in [0.15, 0.2) is 5.96 Å². The molecule has 1 aliphatic heterocycles. The van der Waals surface area contributed by atoms with E-state index in [1.807, 2.05) is 36.8 Å². The minimum atomic E-state index is 0.384. The SMILES string of the molecule is COc1ccc(CN=C(NCCc2ccco2)N2CCC(C)C(n3ccnc3)C2)cc1. The molecule has 0 spiro atoms. The minimum Gasteiger partial charge on any atom is -0.497 e. The Hall–Kier alpha value is -3.22. The topological polar surface area (TPSA) is 67.8 Å². The maximum absolute atomic E-state index is 5.48. The number of guanidine groups is 1. The van der Waals surface area contributed by atoms with Crippen LogP contribution < -0.4 is 10.1 Å². The molecular weight excluding hydrogens is 390 g/mol. The number of methoxy groups -OCH3 is 1. The fourth-order valence-corrected chi connectivity index (χ4v) is 4.01. The number of nitrogens with zero attached hydrogens (tertiary/aromatic N) is 4. The molecule has 0 amide bonds. The normalized spacial score (nSPS) is 19.4. The summed E-state index contributed by atoms with van der Waals surface area (Å²) in [6.07, 6.45) is 9.49. The lowest BCUT2D eigenvalue weighted by atomic mass is 9.93. The van der Waals surface area contributed by atoms with Gasteiger partial charge in [0, 0.05) is 38.4 Å². The van der Waals surface area contributed by atoms with E-state index in [2.05, 4.69) is 45.0 Å². The number of benzene rings is 1. The molecule has 1 aromatic carbocycles. The van der Waals surface area contributed by atoms with Crippen LogP contribution in [0.2, 0.25) is 0 Å². The van der Waals surface area contributed by atoms with Gasteiger partial charge in [-0.15, -0.1) is 0 Å². The van der Waals surface area contributed by atoms with Crippen molar-refractivity contribution >= 4 is 5.96 Å². The Kier molecular flexibility index (Phi) is 6.92. The van der Waals surface area contributed by atoms with E-state index < -0.39 is 0 Å². The molecule has 7 nitrogen and oxygen atoms in total. The number of aromatic nitrogens is 2. The lowest BCUT2D eigenvalue weighted by Crippen LogP contribution is -2.49. The first-order valence-electron chi connectivity index (χ1n) is 10.9. The van der Waals surface area contributed by atoms with Gasteiger partial charge in [-0.25, -0.2) is 9.98 Å². The summed E-state index contributed by atoms with van der Waals surface area (Å²) >= 11 is 0. The van der Waals surface area contributed by atoms with Crippen LogP contribution in [0.1, 0.15) is 30.7 Å². The van der Waals surface area contributed by atoms with Crippen molar-refractivity contribution in [2.45, 2.75) is 32.4 Å². The van der Waals surface area contributed by atoms with E-state index in [4.69, 9.17) is 14.1 Å². The van der Waals surface area contributed by atoms with Gasteiger partial charge in [0.1, 0.15) is 11.5 Å². The number of furan rings is 1. The van der Waals surface area contributed by atoms with E-state index in [1.54, 1.807) is 13.4 Å². The van der Waals surface area contributed by atoms with Crippen molar-refractivity contribution in [3.05, 3.63) is 72.7 Å². The van der Waals surface area contributed by atoms with Crippen LogP contribution in [0.25, 0.3) is 0 Å². The summed E-state index contributed by atoms with van der Waals surface area (Å²) in [5.74, 6) is 3.37. The molecule has 0 aliphatic carbocycles. The molecule has 1 fully saturated rings. The van der Waals surface area contributed by atoms with E-state index in [-0.39, 0.29) is 0 Å². The number of imidazole rings is 1. The highest BCUT2D eigenvalue weighted by Crippen LogP contribution is 2.27. The second-order valence-corrected chi connectivity index (χ2v) is 8.03. The largest absolute Gasteiger partial charge is 0.497 e. The number of rotatable bonds is 7. The maximum atomic E-state index is 5.48. The monoisotopic (exact) mass is 421 g/mol. The van der Waals surface area contributed by atoms with E-state index in [0.717, 1.165) is 55.5 Å². The van der Waals surface area contributed by atoms with Crippen LogP contribution in [0, 0.1) is 5.92 Å². The number of nitrogens with one attached hydrogen (secondary N) is 1. The van der Waals surface area contributed by atoms with E-state index in [1.165, 1.54) is 0 Å². The fraction of sp³-hybridized carbons (Fsp3) is 0.417. The zero-order valence-corrected chi connectivity index (χ0v) is 18.3. The standard InChI is InChI=1S/C24H31N5O2/c1-19-10-13-28(17-23(19)29-14-12-25-18-29)24(26-11-9-22-4-3-15-31-22)27-16-20-5-7-21(30-2)8-6-20/h3-8,12,14-15,18-19,23H,9-11,13,16-17H2,1-2H3,(H,26,27). The summed E-state index contributed by atoms with van der Waals surface area (Å²) in [5, 5.41) is 3.57. The zero-order valence-electron chi connectivity index (χ0n) is 18.3. The fourth-order valence-electron chi connectivity index (χ4n) is 4.01. The van der Waals surface area contributed by atoms with Gasteiger partial charge in [-0.2, -0.15) is 0 Å². The van der Waals surface area contributed by atoms with Crippen LogP contribution in [0.15, 0.2) is 70.8 Å². The summed E-state index contributed by atoms with van der Waals surface area (Å²) in [6, 6.07) is 12.4. The second kappa shape index (κ2) is 10.2. The van der Waals surface area contributed by atoms with Gasteiger partial charge in [-0.05, 0) is 42.2 Å². The molecule has 1 N–H and O–H groups in total. The summed E-state index contributed by atoms with van der Waals surface area (Å²) < 4.78 is 13.0. The van der Waals surface area contributed by atoms with Crippen molar-refractivity contribution in [1.29, 1.82) is 0 Å². The van der Waals surface area contributed by atoms with Crippen LogP contribution in [-0.2, 0) is 13.0 Å². The Labute approximate surface area is 183 Å². The number of ether oxygens (including phenoxy) is 1. The first kappa shape index (κ1) is 21.0. The van der Waals surface area contributed by atoms with Gasteiger partial charge in [0.2, 0.25) is 0 Å². The van der Waals surface area contributed by atoms with Crippen molar-refractivity contribution < 1.29 is 9.15 Å². The lowest BCUT2D eigenvalue weighted by molar-refractivity contribution is 0.189. The predicted molar refractivity (Wildman–Crippen MR) is 121 cm³/mol. The third-order valence-electron chi connectivity index (χ3n) is 5.93. The Morgan fingerprint density at radius 3 is 2.87 bits per heavy atom. The molecule has 3 heterocycles. The van der Waals surface area contributed by atoms with Crippen LogP contribution in [-0.4, -0.2) is 47.2 Å². The van der Waals surface area contributed by atoms with Gasteiger partial charge in [-0.3, -0.25) is 0 Å². The maximum Gasteiger partial charge on any atom is 0.194 e. The Morgan fingerprint density at radius 2 is 2.16 bits per heavy atom. The second-order valence-electron chi connectivity index (χ2n) is 8.03. The van der Waals surface area contributed by atoms with Gasteiger partial charge < -0.3 is 23.9 Å². The highest BCUT2D eigenvalue weighted by molar-refractivity contribution is 5.80. The molecule has 4 rings (SSSR count). The predicted octanol–water partition coefficient (Wildman–Crippen LogP) is 3.76. The van der Waals surface area contributed by atoms with Crippen molar-refractivity contribution in [1.82, 2.24) is 19.8 Å². The molecule has 0 saturated carbocycles. The molecule has 31 heavy (non-hydrogen) atoms. The molecule has 1 aliphatic rings. The molecule has 0 radical (unpaired) electrons. The number of piperidine rings is 1. The summed E-state index contributed by atoms with van der Waals surface area (Å²) in [4.78, 5) is 11.6. The van der Waals surface area contributed by atoms with Gasteiger partial charge in [0.25, 0.3) is 0 Å². The molecule has 3 aromatic rings. The van der Waals surface area contributed by atoms with Crippen LogP contribution >= 0.6 is 0 Å². The molecule has 164 valence electrons. The quantitative estimate of drug-likeness (QED) is 0.465. The van der Waals surface area contributed by atoms with Crippen molar-refractivity contribution in [3.8, 4) is 5.75 Å².